The van der Waals surface area contributed by atoms with Crippen molar-refractivity contribution >= 4 is 34.7 Å². The zero-order valence-corrected chi connectivity index (χ0v) is 11.3. The first-order valence-electron chi connectivity index (χ1n) is 5.44. The van der Waals surface area contributed by atoms with E-state index in [2.05, 4.69) is 0 Å². The van der Waals surface area contributed by atoms with Crippen LogP contribution in [0.2, 0.25) is 0 Å². The van der Waals surface area contributed by atoms with Crippen molar-refractivity contribution in [1.29, 1.82) is 0 Å². The normalized spacial score (nSPS) is 16.5. The lowest BCUT2D eigenvalue weighted by molar-refractivity contribution is -0.104. The molecule has 2 rings (SSSR count). The van der Waals surface area contributed by atoms with Gasteiger partial charge >= 0.3 is 0 Å². The molecule has 90 valence electrons. The molecule has 1 aromatic carbocycles. The number of thioether (sulfide) groups is 2. The van der Waals surface area contributed by atoms with Crippen molar-refractivity contribution in [1.82, 2.24) is 0 Å². The highest BCUT2D eigenvalue weighted by atomic mass is 32.2. The van der Waals surface area contributed by atoms with Crippen LogP contribution in [-0.2, 0) is 4.79 Å². The number of methoxy groups -OCH3 is 1. The summed E-state index contributed by atoms with van der Waals surface area (Å²) in [5.41, 5.74) is 1.10. The van der Waals surface area contributed by atoms with Gasteiger partial charge in [0.1, 0.15) is 5.75 Å². The molecule has 0 bridgehead atoms. The largest absolute Gasteiger partial charge is 0.497 e. The van der Waals surface area contributed by atoms with E-state index in [1.165, 1.54) is 0 Å². The molecule has 0 unspecified atom stereocenters. The minimum Gasteiger partial charge on any atom is -0.497 e. The Morgan fingerprint density at radius 2 is 1.88 bits per heavy atom. The van der Waals surface area contributed by atoms with Crippen LogP contribution in [0.15, 0.2) is 29.2 Å². The van der Waals surface area contributed by atoms with E-state index in [0.717, 1.165) is 45.3 Å². The van der Waals surface area contributed by atoms with Crippen molar-refractivity contribution in [2.75, 3.05) is 18.6 Å². The average molecular weight is 266 g/mol. The highest BCUT2D eigenvalue weighted by Crippen LogP contribution is 2.38. The second-order valence-electron chi connectivity index (χ2n) is 3.59. The number of hydrogen-bond donors (Lipinski definition) is 0. The molecule has 0 atom stereocenters. The van der Waals surface area contributed by atoms with Gasteiger partial charge in [0.15, 0.2) is 6.29 Å². The summed E-state index contributed by atoms with van der Waals surface area (Å²) in [5.74, 6) is 2.94. The topological polar surface area (TPSA) is 26.3 Å². The summed E-state index contributed by atoms with van der Waals surface area (Å²) in [5, 5.41) is 0. The van der Waals surface area contributed by atoms with Crippen LogP contribution < -0.4 is 4.74 Å². The average Bonchev–Trinajstić information content (AvgIpc) is 2.64. The fraction of sp³-hybridized carbons (Fsp3) is 0.308. The number of benzene rings is 1. The van der Waals surface area contributed by atoms with E-state index in [1.54, 1.807) is 30.6 Å². The molecule has 1 aliphatic heterocycles. The van der Waals surface area contributed by atoms with Gasteiger partial charge in [0.2, 0.25) is 0 Å². The molecular weight excluding hydrogens is 252 g/mol. The summed E-state index contributed by atoms with van der Waals surface area (Å²) < 4.78 is 5.14. The fourth-order valence-electron chi connectivity index (χ4n) is 1.61. The second-order valence-corrected chi connectivity index (χ2v) is 5.83. The lowest BCUT2D eigenvalue weighted by Gasteiger charge is -2.08. The molecule has 0 radical (unpaired) electrons. The van der Waals surface area contributed by atoms with Crippen molar-refractivity contribution < 1.29 is 9.53 Å². The van der Waals surface area contributed by atoms with Gasteiger partial charge < -0.3 is 4.74 Å². The zero-order valence-electron chi connectivity index (χ0n) is 9.64. The molecule has 0 saturated heterocycles. The van der Waals surface area contributed by atoms with Crippen LogP contribution in [0.4, 0.5) is 0 Å². The summed E-state index contributed by atoms with van der Waals surface area (Å²) in [6, 6.07) is 7.88. The number of hydrogen-bond acceptors (Lipinski definition) is 4. The van der Waals surface area contributed by atoms with E-state index in [4.69, 9.17) is 4.74 Å². The molecule has 0 fully saturated rings. The maximum atomic E-state index is 11.1. The smallest absolute Gasteiger partial charge is 0.157 e. The maximum absolute atomic E-state index is 11.1. The summed E-state index contributed by atoms with van der Waals surface area (Å²) in [6.07, 6.45) is 2.12. The molecular formula is C13H14O2S2. The Labute approximate surface area is 110 Å². The Balaban J connectivity index is 2.33. The van der Waals surface area contributed by atoms with Crippen molar-refractivity contribution in [3.8, 4) is 5.75 Å². The molecule has 1 heterocycles. The van der Waals surface area contributed by atoms with E-state index < -0.39 is 0 Å². The molecule has 1 aliphatic rings. The van der Waals surface area contributed by atoms with Crippen LogP contribution in [-0.4, -0.2) is 24.9 Å². The van der Waals surface area contributed by atoms with Crippen LogP contribution >= 0.6 is 23.5 Å². The van der Waals surface area contributed by atoms with Gasteiger partial charge in [-0.25, -0.2) is 0 Å². The van der Waals surface area contributed by atoms with Crippen molar-refractivity contribution in [2.24, 2.45) is 0 Å². The fourth-order valence-corrected chi connectivity index (χ4v) is 3.96. The van der Waals surface area contributed by atoms with Gasteiger partial charge in [-0.05, 0) is 35.6 Å². The van der Waals surface area contributed by atoms with Gasteiger partial charge in [-0.2, -0.15) is 0 Å². The van der Waals surface area contributed by atoms with Crippen LogP contribution in [0.5, 0.6) is 5.75 Å². The van der Waals surface area contributed by atoms with E-state index in [-0.39, 0.29) is 0 Å². The Morgan fingerprint density at radius 1 is 1.18 bits per heavy atom. The molecule has 0 aromatic heterocycles. The Kier molecular flexibility index (Phi) is 4.57. The second kappa shape index (κ2) is 6.17. The lowest BCUT2D eigenvalue weighted by atomic mass is 10.2. The Morgan fingerprint density at radius 3 is 2.53 bits per heavy atom. The van der Waals surface area contributed by atoms with Crippen LogP contribution in [0.3, 0.4) is 0 Å². The van der Waals surface area contributed by atoms with E-state index in [9.17, 15) is 4.79 Å². The monoisotopic (exact) mass is 266 g/mol. The molecule has 0 amide bonds. The van der Waals surface area contributed by atoms with E-state index in [0.29, 0.717) is 0 Å². The van der Waals surface area contributed by atoms with Gasteiger partial charge in [-0.15, -0.1) is 23.5 Å². The summed E-state index contributed by atoms with van der Waals surface area (Å²) >= 11 is 3.43. The first kappa shape index (κ1) is 12.6. The Bertz CT molecular complexity index is 424. The SMILES string of the molecule is COc1ccc(C2=C(C=O)SCCCS2)cc1. The molecule has 0 N–H and O–H groups in total. The van der Waals surface area contributed by atoms with E-state index in [1.807, 2.05) is 24.3 Å². The van der Waals surface area contributed by atoms with Crippen LogP contribution in [0, 0.1) is 0 Å². The predicted molar refractivity (Wildman–Crippen MR) is 75.5 cm³/mol. The number of ether oxygens (including phenoxy) is 1. The van der Waals surface area contributed by atoms with Crippen LogP contribution in [0.25, 0.3) is 4.91 Å². The summed E-state index contributed by atoms with van der Waals surface area (Å²) in [7, 11) is 1.65. The van der Waals surface area contributed by atoms with Gasteiger partial charge in [0.05, 0.1) is 12.0 Å². The molecule has 17 heavy (non-hydrogen) atoms. The number of allylic oxidation sites excluding steroid dienone is 1. The van der Waals surface area contributed by atoms with Gasteiger partial charge in [0, 0.05) is 4.91 Å². The van der Waals surface area contributed by atoms with E-state index >= 15 is 0 Å². The highest BCUT2D eigenvalue weighted by molar-refractivity contribution is 8.11. The third-order valence-corrected chi connectivity index (χ3v) is 4.95. The summed E-state index contributed by atoms with van der Waals surface area (Å²) in [6.45, 7) is 0. The maximum Gasteiger partial charge on any atom is 0.157 e. The third kappa shape index (κ3) is 3.07. The molecule has 2 nitrogen and oxygen atoms in total. The lowest BCUT2D eigenvalue weighted by Crippen LogP contribution is -1.88. The molecule has 0 saturated carbocycles. The van der Waals surface area contributed by atoms with Crippen LogP contribution in [0.1, 0.15) is 12.0 Å². The van der Waals surface area contributed by atoms with Gasteiger partial charge in [0.25, 0.3) is 0 Å². The van der Waals surface area contributed by atoms with Crippen molar-refractivity contribution in [3.63, 3.8) is 0 Å². The minimum atomic E-state index is 0.841. The number of carbonyl (C=O) groups is 1. The number of aldehydes is 1. The Hall–Kier alpha value is -0.870. The van der Waals surface area contributed by atoms with Gasteiger partial charge in [-0.3, -0.25) is 4.79 Å². The third-order valence-electron chi connectivity index (χ3n) is 2.48. The molecule has 1 aromatic rings. The number of carbonyl (C=O) groups excluding carboxylic acids is 1. The highest BCUT2D eigenvalue weighted by Gasteiger charge is 2.13. The first-order chi connectivity index (χ1) is 8.35. The van der Waals surface area contributed by atoms with Gasteiger partial charge in [-0.1, -0.05) is 12.1 Å². The number of rotatable bonds is 3. The first-order valence-corrected chi connectivity index (χ1v) is 7.41. The molecule has 4 heteroatoms. The van der Waals surface area contributed by atoms with Crippen molar-refractivity contribution in [3.05, 3.63) is 34.7 Å². The quantitative estimate of drug-likeness (QED) is 0.783. The summed E-state index contributed by atoms with van der Waals surface area (Å²) in [4.78, 5) is 13.1. The zero-order chi connectivity index (χ0) is 12.1. The standard InChI is InChI=1S/C13H14O2S2/c1-15-11-5-3-10(4-6-11)13-12(9-14)16-7-2-8-17-13/h3-6,9H,2,7-8H2,1H3. The molecule has 0 spiro atoms. The minimum absolute atomic E-state index is 0.841. The predicted octanol–water partition coefficient (Wildman–Crippen LogP) is 3.43. The van der Waals surface area contributed by atoms with Crippen molar-refractivity contribution in [2.45, 2.75) is 6.42 Å². The molecule has 0 aliphatic carbocycles.